The van der Waals surface area contributed by atoms with Crippen LogP contribution in [0.5, 0.6) is 11.5 Å². The molecular weight excluding hydrogens is 449 g/mol. The quantitative estimate of drug-likeness (QED) is 0.301. The SMILES string of the molecule is COc1ccc(CCN2C(=O)C(=O)C(=C(O)c3ccc(C)cc3)[C@H]2c2ccccc2F)cc1OC. The van der Waals surface area contributed by atoms with Gasteiger partial charge in [0, 0.05) is 17.7 Å². The summed E-state index contributed by atoms with van der Waals surface area (Å²) in [4.78, 5) is 27.5. The molecule has 0 unspecified atom stereocenters. The van der Waals surface area contributed by atoms with E-state index in [0.29, 0.717) is 23.5 Å². The summed E-state index contributed by atoms with van der Waals surface area (Å²) in [7, 11) is 3.07. The minimum absolute atomic E-state index is 0.128. The first-order valence-electron chi connectivity index (χ1n) is 11.2. The van der Waals surface area contributed by atoms with Crippen molar-refractivity contribution in [3.63, 3.8) is 0 Å². The number of nitrogens with zero attached hydrogens (tertiary/aromatic N) is 1. The van der Waals surface area contributed by atoms with Gasteiger partial charge >= 0.3 is 0 Å². The van der Waals surface area contributed by atoms with E-state index in [4.69, 9.17) is 9.47 Å². The highest BCUT2D eigenvalue weighted by atomic mass is 19.1. The highest BCUT2D eigenvalue weighted by Gasteiger charge is 2.46. The lowest BCUT2D eigenvalue weighted by Crippen LogP contribution is -2.32. The van der Waals surface area contributed by atoms with Gasteiger partial charge < -0.3 is 19.5 Å². The maximum absolute atomic E-state index is 14.9. The first-order valence-corrected chi connectivity index (χ1v) is 11.2. The zero-order chi connectivity index (χ0) is 25.1. The van der Waals surface area contributed by atoms with Gasteiger partial charge in [0.1, 0.15) is 11.6 Å². The molecule has 0 bridgehead atoms. The second-order valence-electron chi connectivity index (χ2n) is 8.32. The van der Waals surface area contributed by atoms with Crippen LogP contribution in [0.25, 0.3) is 5.76 Å². The maximum atomic E-state index is 14.9. The van der Waals surface area contributed by atoms with Crippen molar-refractivity contribution in [3.05, 3.63) is 100 Å². The summed E-state index contributed by atoms with van der Waals surface area (Å²) in [6.07, 6.45) is 0.378. The molecule has 1 N–H and O–H groups in total. The van der Waals surface area contributed by atoms with E-state index in [9.17, 15) is 19.1 Å². The number of ether oxygens (including phenoxy) is 2. The summed E-state index contributed by atoms with van der Waals surface area (Å²) in [6, 6.07) is 17.2. The van der Waals surface area contributed by atoms with Crippen molar-refractivity contribution in [2.45, 2.75) is 19.4 Å². The molecular formula is C28H26FNO5. The zero-order valence-electron chi connectivity index (χ0n) is 19.7. The van der Waals surface area contributed by atoms with Crippen LogP contribution in [0.15, 0.2) is 72.3 Å². The lowest BCUT2D eigenvalue weighted by Gasteiger charge is -2.26. The third kappa shape index (κ3) is 4.62. The van der Waals surface area contributed by atoms with Crippen LogP contribution in [0.2, 0.25) is 0 Å². The van der Waals surface area contributed by atoms with Gasteiger partial charge in [-0.1, -0.05) is 54.1 Å². The third-order valence-corrected chi connectivity index (χ3v) is 6.15. The van der Waals surface area contributed by atoms with Crippen molar-refractivity contribution in [2.24, 2.45) is 0 Å². The minimum atomic E-state index is -1.06. The molecule has 1 heterocycles. The van der Waals surface area contributed by atoms with Crippen molar-refractivity contribution in [3.8, 4) is 11.5 Å². The maximum Gasteiger partial charge on any atom is 0.295 e. The van der Waals surface area contributed by atoms with E-state index in [-0.39, 0.29) is 23.4 Å². The number of carbonyl (C=O) groups excluding carboxylic acids is 2. The molecule has 0 aliphatic carbocycles. The Labute approximate surface area is 203 Å². The molecule has 0 aromatic heterocycles. The Bertz CT molecular complexity index is 1300. The summed E-state index contributed by atoms with van der Waals surface area (Å²) in [5.41, 5.74) is 2.22. The van der Waals surface area contributed by atoms with Crippen molar-refractivity contribution in [2.75, 3.05) is 20.8 Å². The fraction of sp³-hybridized carbons (Fsp3) is 0.214. The molecule has 3 aromatic rings. The number of ketones is 1. The number of Topliss-reactive ketones (excluding diaryl/α,β-unsaturated/α-hetero) is 1. The molecule has 7 heteroatoms. The van der Waals surface area contributed by atoms with Crippen molar-refractivity contribution in [1.29, 1.82) is 0 Å². The van der Waals surface area contributed by atoms with E-state index < -0.39 is 23.5 Å². The number of carbonyl (C=O) groups is 2. The van der Waals surface area contributed by atoms with Crippen molar-refractivity contribution < 1.29 is 28.6 Å². The van der Waals surface area contributed by atoms with Crippen LogP contribution < -0.4 is 9.47 Å². The standard InChI is InChI=1S/C28H26FNO5/c1-17-8-11-19(12-9-17)26(31)24-25(20-6-4-5-7-21(20)29)30(28(33)27(24)32)15-14-18-10-13-22(34-2)23(16-18)35-3/h4-13,16,25,31H,14-15H2,1-3H3/t25-/m1/s1. The molecule has 1 aliphatic heterocycles. The van der Waals surface area contributed by atoms with Gasteiger partial charge in [-0.3, -0.25) is 9.59 Å². The highest BCUT2D eigenvalue weighted by Crippen LogP contribution is 2.40. The average molecular weight is 476 g/mol. The van der Waals surface area contributed by atoms with Gasteiger partial charge in [-0.05, 0) is 37.1 Å². The minimum Gasteiger partial charge on any atom is -0.507 e. The van der Waals surface area contributed by atoms with Gasteiger partial charge in [0.2, 0.25) is 0 Å². The Morgan fingerprint density at radius 1 is 0.971 bits per heavy atom. The van der Waals surface area contributed by atoms with Crippen LogP contribution in [0, 0.1) is 12.7 Å². The van der Waals surface area contributed by atoms with Crippen LogP contribution in [0.3, 0.4) is 0 Å². The smallest absolute Gasteiger partial charge is 0.295 e. The van der Waals surface area contributed by atoms with Crippen molar-refractivity contribution in [1.82, 2.24) is 4.90 Å². The summed E-state index contributed by atoms with van der Waals surface area (Å²) in [6.45, 7) is 2.03. The fourth-order valence-electron chi connectivity index (χ4n) is 4.28. The molecule has 1 amide bonds. The number of hydrogen-bond acceptors (Lipinski definition) is 5. The summed E-state index contributed by atoms with van der Waals surface area (Å²) in [5.74, 6) is -1.41. The molecule has 3 aromatic carbocycles. The number of aryl methyl sites for hydroxylation is 1. The number of rotatable bonds is 7. The third-order valence-electron chi connectivity index (χ3n) is 6.15. The summed E-state index contributed by atoms with van der Waals surface area (Å²) >= 11 is 0. The van der Waals surface area contributed by atoms with Crippen LogP contribution in [-0.4, -0.2) is 42.5 Å². The Balaban J connectivity index is 1.75. The number of aliphatic hydroxyl groups excluding tert-OH is 1. The number of halogens is 1. The Morgan fingerprint density at radius 2 is 1.66 bits per heavy atom. The molecule has 1 saturated heterocycles. The number of benzene rings is 3. The van der Waals surface area contributed by atoms with Gasteiger partial charge in [-0.2, -0.15) is 0 Å². The zero-order valence-corrected chi connectivity index (χ0v) is 19.7. The molecule has 0 spiro atoms. The predicted octanol–water partition coefficient (Wildman–Crippen LogP) is 4.82. The van der Waals surface area contributed by atoms with Gasteiger partial charge in [-0.25, -0.2) is 4.39 Å². The van der Waals surface area contributed by atoms with Gasteiger partial charge in [0.25, 0.3) is 11.7 Å². The van der Waals surface area contributed by atoms with Crippen LogP contribution in [0.4, 0.5) is 4.39 Å². The molecule has 1 aliphatic rings. The number of amides is 1. The van der Waals surface area contributed by atoms with E-state index in [1.54, 1.807) is 49.6 Å². The second kappa shape index (κ2) is 10.0. The van der Waals surface area contributed by atoms with Gasteiger partial charge in [0.05, 0.1) is 25.8 Å². The second-order valence-corrected chi connectivity index (χ2v) is 8.32. The number of methoxy groups -OCH3 is 2. The highest BCUT2D eigenvalue weighted by molar-refractivity contribution is 6.46. The summed E-state index contributed by atoms with van der Waals surface area (Å²) < 4.78 is 25.5. The summed E-state index contributed by atoms with van der Waals surface area (Å²) in [5, 5.41) is 11.1. The predicted molar refractivity (Wildman–Crippen MR) is 130 cm³/mol. The molecule has 35 heavy (non-hydrogen) atoms. The first kappa shape index (κ1) is 24.0. The first-order chi connectivity index (χ1) is 16.8. The van der Waals surface area contributed by atoms with Crippen LogP contribution >= 0.6 is 0 Å². The van der Waals surface area contributed by atoms with E-state index in [1.807, 2.05) is 13.0 Å². The fourth-order valence-corrected chi connectivity index (χ4v) is 4.28. The molecule has 6 nitrogen and oxygen atoms in total. The van der Waals surface area contributed by atoms with E-state index in [0.717, 1.165) is 11.1 Å². The number of likely N-dealkylation sites (tertiary alicyclic amines) is 1. The van der Waals surface area contributed by atoms with Crippen molar-refractivity contribution >= 4 is 17.4 Å². The van der Waals surface area contributed by atoms with Crippen LogP contribution in [-0.2, 0) is 16.0 Å². The average Bonchev–Trinajstić information content (AvgIpc) is 3.12. The monoisotopic (exact) mass is 475 g/mol. The molecule has 4 rings (SSSR count). The van der Waals surface area contributed by atoms with Crippen LogP contribution in [0.1, 0.15) is 28.3 Å². The molecule has 0 saturated carbocycles. The molecule has 1 fully saturated rings. The van der Waals surface area contributed by atoms with Gasteiger partial charge in [-0.15, -0.1) is 0 Å². The molecule has 180 valence electrons. The molecule has 0 radical (unpaired) electrons. The number of hydrogen-bond donors (Lipinski definition) is 1. The molecule has 1 atom stereocenters. The largest absolute Gasteiger partial charge is 0.507 e. The van der Waals surface area contributed by atoms with E-state index >= 15 is 0 Å². The lowest BCUT2D eigenvalue weighted by molar-refractivity contribution is -0.139. The Morgan fingerprint density at radius 3 is 2.31 bits per heavy atom. The van der Waals surface area contributed by atoms with Gasteiger partial charge in [0.15, 0.2) is 11.5 Å². The Kier molecular flexibility index (Phi) is 6.87. The van der Waals surface area contributed by atoms with E-state index in [2.05, 4.69) is 0 Å². The normalized spacial score (nSPS) is 17.0. The topological polar surface area (TPSA) is 76.1 Å². The lowest BCUT2D eigenvalue weighted by atomic mass is 9.94. The Hall–Kier alpha value is -4.13. The number of aliphatic hydroxyl groups is 1. The van der Waals surface area contributed by atoms with E-state index in [1.165, 1.54) is 30.2 Å².